The van der Waals surface area contributed by atoms with E-state index in [1.165, 1.54) is 14.0 Å². The second-order valence-electron chi connectivity index (χ2n) is 3.26. The van der Waals surface area contributed by atoms with Crippen molar-refractivity contribution in [3.63, 3.8) is 0 Å². The highest BCUT2D eigenvalue weighted by Gasteiger charge is 2.14. The molecule has 1 aromatic carbocycles. The summed E-state index contributed by atoms with van der Waals surface area (Å²) in [6.45, 7) is 1.41. The second kappa shape index (κ2) is 5.16. The van der Waals surface area contributed by atoms with E-state index in [0.717, 1.165) is 0 Å². The predicted octanol–water partition coefficient (Wildman–Crippen LogP) is 0.898. The van der Waals surface area contributed by atoms with Gasteiger partial charge in [-0.3, -0.25) is 9.59 Å². The Kier molecular flexibility index (Phi) is 3.88. The van der Waals surface area contributed by atoms with Gasteiger partial charge in [-0.05, 0) is 31.2 Å². The Morgan fingerprint density at radius 2 is 1.88 bits per heavy atom. The summed E-state index contributed by atoms with van der Waals surface area (Å²) in [4.78, 5) is 22.1. The molecule has 0 saturated carbocycles. The van der Waals surface area contributed by atoms with Gasteiger partial charge in [0.15, 0.2) is 0 Å². The zero-order valence-corrected chi connectivity index (χ0v) is 9.06. The number of nitrogens with one attached hydrogen (secondary N) is 1. The third kappa shape index (κ3) is 2.98. The number of aliphatic carboxylic acids is 1. The number of carbonyl (C=O) groups excluding carboxylic acids is 1. The van der Waals surface area contributed by atoms with E-state index < -0.39 is 17.9 Å². The number of carbonyl (C=O) groups is 2. The van der Waals surface area contributed by atoms with E-state index in [1.807, 2.05) is 0 Å². The summed E-state index contributed by atoms with van der Waals surface area (Å²) in [5.41, 5.74) is 0.397. The lowest BCUT2D eigenvalue weighted by molar-refractivity contribution is -0.138. The summed E-state index contributed by atoms with van der Waals surface area (Å²) in [6.07, 6.45) is 0. The van der Waals surface area contributed by atoms with Crippen LogP contribution >= 0.6 is 0 Å². The van der Waals surface area contributed by atoms with Gasteiger partial charge < -0.3 is 15.2 Å². The lowest BCUT2D eigenvalue weighted by Crippen LogP contribution is -2.38. The van der Waals surface area contributed by atoms with Gasteiger partial charge in [0.25, 0.3) is 5.91 Å². The third-order valence-electron chi connectivity index (χ3n) is 2.07. The van der Waals surface area contributed by atoms with E-state index in [-0.39, 0.29) is 0 Å². The van der Waals surface area contributed by atoms with Crippen LogP contribution in [0.3, 0.4) is 0 Å². The fourth-order valence-corrected chi connectivity index (χ4v) is 1.08. The molecule has 86 valence electrons. The minimum atomic E-state index is -1.07. The number of ether oxygens (including phenoxy) is 1. The van der Waals surface area contributed by atoms with Crippen LogP contribution in [0.15, 0.2) is 24.3 Å². The van der Waals surface area contributed by atoms with E-state index in [4.69, 9.17) is 9.84 Å². The van der Waals surface area contributed by atoms with Crippen molar-refractivity contribution < 1.29 is 19.4 Å². The number of carboxylic acid groups (broad SMARTS) is 1. The molecule has 0 aromatic heterocycles. The Labute approximate surface area is 93.0 Å². The molecule has 0 bridgehead atoms. The van der Waals surface area contributed by atoms with Crippen LogP contribution in [0, 0.1) is 0 Å². The van der Waals surface area contributed by atoms with Crippen LogP contribution in [0.5, 0.6) is 5.75 Å². The normalized spacial score (nSPS) is 11.6. The molecule has 1 amide bonds. The Morgan fingerprint density at radius 3 is 2.31 bits per heavy atom. The summed E-state index contributed by atoms with van der Waals surface area (Å²) in [6, 6.07) is 5.52. The van der Waals surface area contributed by atoms with E-state index in [0.29, 0.717) is 11.3 Å². The largest absolute Gasteiger partial charge is 0.497 e. The average molecular weight is 223 g/mol. The van der Waals surface area contributed by atoms with Gasteiger partial charge in [-0.2, -0.15) is 0 Å². The number of rotatable bonds is 4. The highest BCUT2D eigenvalue weighted by molar-refractivity contribution is 5.96. The van der Waals surface area contributed by atoms with Crippen molar-refractivity contribution in [2.45, 2.75) is 13.0 Å². The first kappa shape index (κ1) is 12.0. The second-order valence-corrected chi connectivity index (χ2v) is 3.26. The molecule has 0 aliphatic rings. The summed E-state index contributed by atoms with van der Waals surface area (Å²) in [5, 5.41) is 11.0. The molecule has 0 spiro atoms. The highest BCUT2D eigenvalue weighted by atomic mass is 16.5. The number of hydrogen-bond donors (Lipinski definition) is 2. The molecule has 0 saturated heterocycles. The van der Waals surface area contributed by atoms with E-state index in [9.17, 15) is 9.59 Å². The van der Waals surface area contributed by atoms with Crippen LogP contribution in [0.25, 0.3) is 0 Å². The van der Waals surface area contributed by atoms with Crippen molar-refractivity contribution in [1.29, 1.82) is 0 Å². The van der Waals surface area contributed by atoms with E-state index in [2.05, 4.69) is 5.32 Å². The minimum Gasteiger partial charge on any atom is -0.497 e. The van der Waals surface area contributed by atoms with Gasteiger partial charge in [0.05, 0.1) is 7.11 Å². The van der Waals surface area contributed by atoms with Crippen LogP contribution in [0.1, 0.15) is 17.3 Å². The number of carboxylic acids is 1. The number of methoxy groups -OCH3 is 1. The Bertz CT molecular complexity index is 385. The van der Waals surface area contributed by atoms with Crippen molar-refractivity contribution in [2.24, 2.45) is 0 Å². The van der Waals surface area contributed by atoms with Crippen LogP contribution in [0.2, 0.25) is 0 Å². The van der Waals surface area contributed by atoms with Gasteiger partial charge in [-0.25, -0.2) is 0 Å². The van der Waals surface area contributed by atoms with Gasteiger partial charge in [0.2, 0.25) is 0 Å². The highest BCUT2D eigenvalue weighted by Crippen LogP contribution is 2.11. The maximum atomic E-state index is 11.5. The first-order valence-corrected chi connectivity index (χ1v) is 4.72. The van der Waals surface area contributed by atoms with Crippen LogP contribution in [-0.2, 0) is 4.79 Å². The van der Waals surface area contributed by atoms with Crippen LogP contribution in [-0.4, -0.2) is 30.1 Å². The monoisotopic (exact) mass is 223 g/mol. The molecule has 5 nitrogen and oxygen atoms in total. The molecule has 0 aliphatic carbocycles. The predicted molar refractivity (Wildman–Crippen MR) is 57.6 cm³/mol. The Morgan fingerprint density at radius 1 is 1.31 bits per heavy atom. The fraction of sp³-hybridized carbons (Fsp3) is 0.273. The Balaban J connectivity index is 2.69. The van der Waals surface area contributed by atoms with Crippen molar-refractivity contribution in [1.82, 2.24) is 5.32 Å². The smallest absolute Gasteiger partial charge is 0.325 e. The number of benzene rings is 1. The summed E-state index contributed by atoms with van der Waals surface area (Å²) < 4.78 is 4.94. The lowest BCUT2D eigenvalue weighted by Gasteiger charge is -2.09. The zero-order valence-electron chi connectivity index (χ0n) is 9.06. The van der Waals surface area contributed by atoms with Gasteiger partial charge in [-0.1, -0.05) is 0 Å². The maximum Gasteiger partial charge on any atom is 0.325 e. The fourth-order valence-electron chi connectivity index (χ4n) is 1.08. The quantitative estimate of drug-likeness (QED) is 0.795. The molecular weight excluding hydrogens is 210 g/mol. The topological polar surface area (TPSA) is 75.6 Å². The molecule has 0 unspecified atom stereocenters. The lowest BCUT2D eigenvalue weighted by atomic mass is 10.2. The van der Waals surface area contributed by atoms with Crippen LogP contribution < -0.4 is 10.1 Å². The van der Waals surface area contributed by atoms with E-state index >= 15 is 0 Å². The zero-order chi connectivity index (χ0) is 12.1. The first-order valence-electron chi connectivity index (χ1n) is 4.72. The molecule has 0 aliphatic heterocycles. The minimum absolute atomic E-state index is 0.397. The van der Waals surface area contributed by atoms with Crippen molar-refractivity contribution >= 4 is 11.9 Å². The average Bonchev–Trinajstić information content (AvgIpc) is 2.28. The van der Waals surface area contributed by atoms with Crippen molar-refractivity contribution in [2.75, 3.05) is 7.11 Å². The van der Waals surface area contributed by atoms with E-state index in [1.54, 1.807) is 24.3 Å². The van der Waals surface area contributed by atoms with Crippen LogP contribution in [0.4, 0.5) is 0 Å². The van der Waals surface area contributed by atoms with Crippen molar-refractivity contribution in [3.8, 4) is 5.75 Å². The van der Waals surface area contributed by atoms with Gasteiger partial charge >= 0.3 is 5.97 Å². The summed E-state index contributed by atoms with van der Waals surface area (Å²) >= 11 is 0. The summed E-state index contributed by atoms with van der Waals surface area (Å²) in [7, 11) is 1.53. The molecule has 1 atom stereocenters. The number of hydrogen-bond acceptors (Lipinski definition) is 3. The van der Waals surface area contributed by atoms with Gasteiger partial charge in [-0.15, -0.1) is 0 Å². The molecule has 0 heterocycles. The third-order valence-corrected chi connectivity index (χ3v) is 2.07. The SMILES string of the molecule is COc1ccc(C(=O)N[C@@H](C)C(=O)O)cc1. The van der Waals surface area contributed by atoms with Gasteiger partial charge in [0.1, 0.15) is 11.8 Å². The molecular formula is C11H13NO4. The summed E-state index contributed by atoms with van der Waals surface area (Å²) in [5.74, 6) is -0.845. The molecule has 0 radical (unpaired) electrons. The molecule has 5 heteroatoms. The Hall–Kier alpha value is -2.04. The maximum absolute atomic E-state index is 11.5. The molecule has 1 rings (SSSR count). The molecule has 0 fully saturated rings. The standard InChI is InChI=1S/C11H13NO4/c1-7(11(14)15)12-10(13)8-3-5-9(16-2)6-4-8/h3-7H,1-2H3,(H,12,13)(H,14,15)/t7-/m0/s1. The molecule has 1 aromatic rings. The molecule has 16 heavy (non-hydrogen) atoms. The van der Waals surface area contributed by atoms with Gasteiger partial charge in [0, 0.05) is 5.56 Å². The van der Waals surface area contributed by atoms with Crippen molar-refractivity contribution in [3.05, 3.63) is 29.8 Å². The number of amides is 1. The molecule has 2 N–H and O–H groups in total. The first-order chi connectivity index (χ1) is 7.54.